The molecular weight excluding hydrogens is 246 g/mol. The van der Waals surface area contributed by atoms with Crippen LogP contribution < -0.4 is 5.32 Å². The molecule has 1 aliphatic heterocycles. The topological polar surface area (TPSA) is 51.0 Å². The van der Waals surface area contributed by atoms with E-state index in [1.165, 1.54) is 0 Å². The minimum absolute atomic E-state index is 0.384. The van der Waals surface area contributed by atoms with E-state index >= 15 is 0 Å². The van der Waals surface area contributed by atoms with Crippen molar-refractivity contribution in [3.05, 3.63) is 11.7 Å². The highest BCUT2D eigenvalue weighted by Crippen LogP contribution is 2.32. The Morgan fingerprint density at radius 2 is 2.28 bits per heavy atom. The molecule has 18 heavy (non-hydrogen) atoms. The van der Waals surface area contributed by atoms with Crippen LogP contribution in [-0.4, -0.2) is 34.2 Å². The van der Waals surface area contributed by atoms with Crippen molar-refractivity contribution in [3.8, 4) is 0 Å². The molecule has 1 N–H and O–H groups in total. The molecule has 0 saturated carbocycles. The Morgan fingerprint density at radius 1 is 1.44 bits per heavy atom. The van der Waals surface area contributed by atoms with Crippen molar-refractivity contribution in [2.24, 2.45) is 5.92 Å². The van der Waals surface area contributed by atoms with Crippen molar-refractivity contribution in [2.75, 3.05) is 18.1 Å². The molecule has 1 aliphatic rings. The summed E-state index contributed by atoms with van der Waals surface area (Å²) in [5.74, 6) is 4.99. The number of hydrogen-bond acceptors (Lipinski definition) is 5. The zero-order chi connectivity index (χ0) is 13.0. The summed E-state index contributed by atoms with van der Waals surface area (Å²) < 4.78 is 5.44. The fourth-order valence-electron chi connectivity index (χ4n) is 2.20. The lowest BCUT2D eigenvalue weighted by Crippen LogP contribution is -2.34. The molecule has 2 heterocycles. The van der Waals surface area contributed by atoms with Gasteiger partial charge in [0.15, 0.2) is 5.82 Å². The summed E-state index contributed by atoms with van der Waals surface area (Å²) in [6, 6.07) is 0.485. The van der Waals surface area contributed by atoms with Crippen LogP contribution in [0.25, 0.3) is 0 Å². The molecule has 0 aromatic carbocycles. The van der Waals surface area contributed by atoms with E-state index in [-0.39, 0.29) is 0 Å². The van der Waals surface area contributed by atoms with Gasteiger partial charge in [0.25, 0.3) is 0 Å². The van der Waals surface area contributed by atoms with E-state index in [1.807, 2.05) is 11.8 Å². The number of thioether (sulfide) groups is 1. The molecule has 0 radical (unpaired) electrons. The predicted octanol–water partition coefficient (Wildman–Crippen LogP) is 2.47. The smallest absolute Gasteiger partial charge is 0.232 e. The van der Waals surface area contributed by atoms with E-state index < -0.39 is 0 Å². The fraction of sp³-hybridized carbons (Fsp3) is 0.846. The summed E-state index contributed by atoms with van der Waals surface area (Å²) in [4.78, 5) is 4.57. The van der Waals surface area contributed by atoms with Gasteiger partial charge in [-0.15, -0.1) is 0 Å². The van der Waals surface area contributed by atoms with E-state index in [1.54, 1.807) is 0 Å². The van der Waals surface area contributed by atoms with Crippen molar-refractivity contribution in [3.63, 3.8) is 0 Å². The van der Waals surface area contributed by atoms with Gasteiger partial charge in [-0.25, -0.2) is 0 Å². The predicted molar refractivity (Wildman–Crippen MR) is 75.0 cm³/mol. The molecule has 102 valence electrons. The van der Waals surface area contributed by atoms with Crippen LogP contribution in [0.3, 0.4) is 0 Å². The number of nitrogens with zero attached hydrogens (tertiary/aromatic N) is 2. The summed E-state index contributed by atoms with van der Waals surface area (Å²) in [6.45, 7) is 7.57. The number of aromatic nitrogens is 2. The van der Waals surface area contributed by atoms with Crippen LogP contribution in [0, 0.1) is 5.92 Å². The zero-order valence-electron chi connectivity index (χ0n) is 11.5. The van der Waals surface area contributed by atoms with Gasteiger partial charge >= 0.3 is 0 Å². The van der Waals surface area contributed by atoms with Gasteiger partial charge in [-0.3, -0.25) is 0 Å². The third-order valence-corrected chi connectivity index (χ3v) is 4.48. The van der Waals surface area contributed by atoms with Crippen molar-refractivity contribution >= 4 is 11.8 Å². The third kappa shape index (κ3) is 3.48. The quantitative estimate of drug-likeness (QED) is 0.859. The van der Waals surface area contributed by atoms with Crippen molar-refractivity contribution in [1.82, 2.24) is 15.5 Å². The van der Waals surface area contributed by atoms with Gasteiger partial charge in [-0.2, -0.15) is 16.7 Å². The standard InChI is InChI=1S/C13H23N3OS/c1-4-14-11-8-18-7-10(11)13-15-12(16-17-13)6-5-9(2)3/h9-11,14H,4-8H2,1-3H3. The third-order valence-electron chi connectivity index (χ3n) is 3.29. The minimum atomic E-state index is 0.384. The second-order valence-corrected chi connectivity index (χ2v) is 6.36. The van der Waals surface area contributed by atoms with Gasteiger partial charge < -0.3 is 9.84 Å². The molecule has 1 aromatic rings. The molecule has 2 rings (SSSR count). The second-order valence-electron chi connectivity index (χ2n) is 5.29. The first-order valence-corrected chi connectivity index (χ1v) is 7.99. The average molecular weight is 269 g/mol. The maximum atomic E-state index is 5.44. The summed E-state index contributed by atoms with van der Waals surface area (Å²) in [7, 11) is 0. The Bertz CT molecular complexity index is 367. The summed E-state index contributed by atoms with van der Waals surface area (Å²) in [5.41, 5.74) is 0. The molecule has 0 aliphatic carbocycles. The van der Waals surface area contributed by atoms with Gasteiger partial charge in [-0.1, -0.05) is 25.9 Å². The van der Waals surface area contributed by atoms with Gasteiger partial charge in [0.1, 0.15) is 0 Å². The molecule has 0 bridgehead atoms. The molecule has 1 aromatic heterocycles. The number of nitrogens with one attached hydrogen (secondary N) is 1. The lowest BCUT2D eigenvalue weighted by Gasteiger charge is -2.15. The van der Waals surface area contributed by atoms with Crippen LogP contribution >= 0.6 is 11.8 Å². The maximum absolute atomic E-state index is 5.44. The van der Waals surface area contributed by atoms with E-state index in [9.17, 15) is 0 Å². The molecule has 0 amide bonds. The summed E-state index contributed by atoms with van der Waals surface area (Å²) in [5, 5.41) is 7.61. The Kier molecular flexibility index (Phi) is 5.06. The molecule has 5 heteroatoms. The van der Waals surface area contributed by atoms with Crippen LogP contribution in [0.4, 0.5) is 0 Å². The Hall–Kier alpha value is -0.550. The normalized spacial score (nSPS) is 24.0. The lowest BCUT2D eigenvalue weighted by molar-refractivity contribution is 0.336. The molecule has 2 unspecified atom stereocenters. The van der Waals surface area contributed by atoms with Gasteiger partial charge in [0.05, 0.1) is 5.92 Å². The minimum Gasteiger partial charge on any atom is -0.339 e. The first kappa shape index (κ1) is 13.9. The highest BCUT2D eigenvalue weighted by Gasteiger charge is 2.32. The largest absolute Gasteiger partial charge is 0.339 e. The lowest BCUT2D eigenvalue weighted by atomic mass is 10.0. The molecule has 0 spiro atoms. The van der Waals surface area contributed by atoms with Crippen LogP contribution in [0.2, 0.25) is 0 Å². The van der Waals surface area contributed by atoms with E-state index in [4.69, 9.17) is 4.52 Å². The molecule has 1 fully saturated rings. The first-order chi connectivity index (χ1) is 8.70. The molecule has 1 saturated heterocycles. The van der Waals surface area contributed by atoms with Gasteiger partial charge in [-0.05, 0) is 18.9 Å². The van der Waals surface area contributed by atoms with Gasteiger partial charge in [0.2, 0.25) is 5.89 Å². The van der Waals surface area contributed by atoms with Crippen LogP contribution in [0.5, 0.6) is 0 Å². The van der Waals surface area contributed by atoms with E-state index in [0.29, 0.717) is 17.9 Å². The molecule has 2 atom stereocenters. The Balaban J connectivity index is 1.96. The Labute approximate surface area is 113 Å². The van der Waals surface area contributed by atoms with Crippen molar-refractivity contribution in [2.45, 2.75) is 45.6 Å². The van der Waals surface area contributed by atoms with Crippen LogP contribution in [0.15, 0.2) is 4.52 Å². The summed E-state index contributed by atoms with van der Waals surface area (Å²) in [6.07, 6.45) is 2.04. The number of aryl methyl sites for hydroxylation is 1. The zero-order valence-corrected chi connectivity index (χ0v) is 12.3. The van der Waals surface area contributed by atoms with Crippen molar-refractivity contribution < 1.29 is 4.52 Å². The highest BCUT2D eigenvalue weighted by molar-refractivity contribution is 7.99. The molecular formula is C13H23N3OS. The Morgan fingerprint density at radius 3 is 3.00 bits per heavy atom. The SMILES string of the molecule is CCNC1CSCC1c1nc(CCC(C)C)no1. The monoisotopic (exact) mass is 269 g/mol. The first-order valence-electron chi connectivity index (χ1n) is 6.84. The second kappa shape index (κ2) is 6.57. The van der Waals surface area contributed by atoms with Crippen LogP contribution in [-0.2, 0) is 6.42 Å². The summed E-state index contributed by atoms with van der Waals surface area (Å²) >= 11 is 1.96. The average Bonchev–Trinajstić information content (AvgIpc) is 2.94. The molecule has 4 nitrogen and oxygen atoms in total. The number of likely N-dealkylation sites (N-methyl/N-ethyl adjacent to an activating group) is 1. The highest BCUT2D eigenvalue weighted by atomic mass is 32.2. The van der Waals surface area contributed by atoms with Gasteiger partial charge in [0, 0.05) is 24.0 Å². The van der Waals surface area contributed by atoms with E-state index in [0.717, 1.165) is 42.6 Å². The number of hydrogen-bond donors (Lipinski definition) is 1. The maximum Gasteiger partial charge on any atom is 0.232 e. The number of rotatable bonds is 6. The fourth-order valence-corrected chi connectivity index (χ4v) is 3.57. The van der Waals surface area contributed by atoms with E-state index in [2.05, 4.69) is 36.2 Å². The van der Waals surface area contributed by atoms with Crippen LogP contribution in [0.1, 0.15) is 44.8 Å². The van der Waals surface area contributed by atoms with Crippen molar-refractivity contribution in [1.29, 1.82) is 0 Å².